The molecule has 162 valence electrons. The highest BCUT2D eigenvalue weighted by Crippen LogP contribution is 2.30. The summed E-state index contributed by atoms with van der Waals surface area (Å²) in [6.07, 6.45) is -3.36. The smallest absolute Gasteiger partial charge is 0.475 e. The number of nitrogens with one attached hydrogen (secondary N) is 2. The van der Waals surface area contributed by atoms with Crippen LogP contribution in [0.25, 0.3) is 22.5 Å². The van der Waals surface area contributed by atoms with Gasteiger partial charge in [0, 0.05) is 35.5 Å². The number of benzene rings is 1. The summed E-state index contributed by atoms with van der Waals surface area (Å²) in [5, 5.41) is 9.87. The van der Waals surface area contributed by atoms with Gasteiger partial charge in [0.1, 0.15) is 5.82 Å². The number of carbonyl (C=O) groups excluding carboxylic acids is 1. The second-order valence-corrected chi connectivity index (χ2v) is 6.41. The zero-order valence-corrected chi connectivity index (χ0v) is 15.6. The number of amides is 1. The van der Waals surface area contributed by atoms with Crippen molar-refractivity contribution < 1.29 is 36.6 Å². The van der Waals surface area contributed by atoms with Crippen molar-refractivity contribution >= 4 is 11.9 Å². The van der Waals surface area contributed by atoms with E-state index >= 15 is 0 Å². The number of aromatic amines is 1. The van der Waals surface area contributed by atoms with Crippen LogP contribution >= 0.6 is 0 Å². The van der Waals surface area contributed by atoms with Gasteiger partial charge in [-0.1, -0.05) is 12.1 Å². The number of halogens is 5. The topological polar surface area (TPSA) is 95.1 Å². The number of aromatic nitrogens is 2. The number of fused-ring (bicyclic) bond motifs is 1. The molecule has 1 aliphatic rings. The van der Waals surface area contributed by atoms with Crippen LogP contribution in [0.15, 0.2) is 42.6 Å². The molecule has 0 radical (unpaired) electrons. The quantitative estimate of drug-likeness (QED) is 0.527. The van der Waals surface area contributed by atoms with Gasteiger partial charge in [0.2, 0.25) is 0 Å². The predicted octanol–water partition coefficient (Wildman–Crippen LogP) is 3.94. The minimum atomic E-state index is -5.08. The lowest BCUT2D eigenvalue weighted by atomic mass is 10.1. The lowest BCUT2D eigenvalue weighted by Gasteiger charge is -2.11. The summed E-state index contributed by atoms with van der Waals surface area (Å²) >= 11 is 0. The highest BCUT2D eigenvalue weighted by Gasteiger charge is 2.38. The van der Waals surface area contributed by atoms with Crippen LogP contribution in [0.2, 0.25) is 0 Å². The van der Waals surface area contributed by atoms with Crippen molar-refractivity contribution in [2.45, 2.75) is 12.6 Å². The molecule has 0 atom stereocenters. The molecule has 6 nitrogen and oxygen atoms in total. The average molecular weight is 439 g/mol. The number of H-pyrrole nitrogens is 1. The van der Waals surface area contributed by atoms with E-state index in [9.17, 15) is 26.7 Å². The van der Waals surface area contributed by atoms with E-state index in [2.05, 4.69) is 15.3 Å². The highest BCUT2D eigenvalue weighted by atomic mass is 19.4. The van der Waals surface area contributed by atoms with Gasteiger partial charge in [0.15, 0.2) is 5.82 Å². The Morgan fingerprint density at radius 1 is 1.03 bits per heavy atom. The van der Waals surface area contributed by atoms with Gasteiger partial charge >= 0.3 is 12.1 Å². The molecule has 0 fully saturated rings. The third-order valence-electron chi connectivity index (χ3n) is 4.34. The standard InChI is InChI=1S/C18H13F2N3O.C2HF3O2/c19-13-4-2-1-3-10(13)16-7-11(14(20)9-22-16)17-8-12-15(23-17)5-6-21-18(12)24;3-2(4,5)1(6)7/h1-4,7-9,23H,5-6H2,(H,21,24);(H,6,7). The number of pyridine rings is 1. The first-order valence-corrected chi connectivity index (χ1v) is 8.79. The van der Waals surface area contributed by atoms with Crippen LogP contribution in [-0.2, 0) is 11.2 Å². The first-order chi connectivity index (χ1) is 14.6. The molecule has 0 aliphatic carbocycles. The maximum Gasteiger partial charge on any atom is 0.490 e. The van der Waals surface area contributed by atoms with E-state index in [0.29, 0.717) is 35.5 Å². The Labute approximate surface area is 171 Å². The van der Waals surface area contributed by atoms with Gasteiger partial charge < -0.3 is 15.4 Å². The minimum absolute atomic E-state index is 0.178. The van der Waals surface area contributed by atoms with E-state index in [0.717, 1.165) is 11.9 Å². The lowest BCUT2D eigenvalue weighted by molar-refractivity contribution is -0.192. The predicted molar refractivity (Wildman–Crippen MR) is 99.1 cm³/mol. The van der Waals surface area contributed by atoms with Gasteiger partial charge in [-0.25, -0.2) is 13.6 Å². The molecular weight excluding hydrogens is 425 g/mol. The summed E-state index contributed by atoms with van der Waals surface area (Å²) in [7, 11) is 0. The fourth-order valence-electron chi connectivity index (χ4n) is 2.90. The van der Waals surface area contributed by atoms with Gasteiger partial charge in [-0.05, 0) is 24.3 Å². The molecule has 0 unspecified atom stereocenters. The van der Waals surface area contributed by atoms with E-state index in [-0.39, 0.29) is 11.5 Å². The third-order valence-corrected chi connectivity index (χ3v) is 4.34. The number of carbonyl (C=O) groups is 2. The summed E-state index contributed by atoms with van der Waals surface area (Å²) in [5.41, 5.74) is 2.66. The van der Waals surface area contributed by atoms with Gasteiger partial charge in [-0.2, -0.15) is 13.2 Å². The molecule has 1 aliphatic heterocycles. The molecule has 4 rings (SSSR count). The summed E-state index contributed by atoms with van der Waals surface area (Å²) in [6.45, 7) is 0.547. The molecule has 2 aromatic heterocycles. The number of hydrogen-bond donors (Lipinski definition) is 3. The third kappa shape index (κ3) is 4.87. The molecule has 1 aromatic carbocycles. The first-order valence-electron chi connectivity index (χ1n) is 8.79. The number of alkyl halides is 3. The van der Waals surface area contributed by atoms with Crippen LogP contribution in [0.1, 0.15) is 16.1 Å². The van der Waals surface area contributed by atoms with Gasteiger partial charge in [-0.15, -0.1) is 0 Å². The van der Waals surface area contributed by atoms with Crippen molar-refractivity contribution in [2.24, 2.45) is 0 Å². The molecule has 0 saturated carbocycles. The number of carboxylic acids is 1. The monoisotopic (exact) mass is 439 g/mol. The number of carboxylic acid groups (broad SMARTS) is 1. The van der Waals surface area contributed by atoms with Crippen LogP contribution in [0, 0.1) is 11.6 Å². The summed E-state index contributed by atoms with van der Waals surface area (Å²) in [5.74, 6) is -3.89. The molecule has 0 bridgehead atoms. The molecule has 1 amide bonds. The zero-order chi connectivity index (χ0) is 22.8. The van der Waals surface area contributed by atoms with E-state index in [1.54, 1.807) is 24.3 Å². The fourth-order valence-corrected chi connectivity index (χ4v) is 2.90. The van der Waals surface area contributed by atoms with Crippen LogP contribution in [-0.4, -0.2) is 39.7 Å². The van der Waals surface area contributed by atoms with Crippen LogP contribution < -0.4 is 5.32 Å². The average Bonchev–Trinajstić information content (AvgIpc) is 3.14. The number of nitrogens with zero attached hydrogens (tertiary/aromatic N) is 1. The van der Waals surface area contributed by atoms with E-state index in [4.69, 9.17) is 9.90 Å². The van der Waals surface area contributed by atoms with Crippen molar-refractivity contribution in [3.8, 4) is 22.5 Å². The Kier molecular flexibility index (Phi) is 6.04. The second-order valence-electron chi connectivity index (χ2n) is 6.41. The van der Waals surface area contributed by atoms with Crippen molar-refractivity contribution in [2.75, 3.05) is 6.54 Å². The van der Waals surface area contributed by atoms with E-state index in [1.165, 1.54) is 12.1 Å². The zero-order valence-electron chi connectivity index (χ0n) is 15.6. The summed E-state index contributed by atoms with van der Waals surface area (Å²) < 4.78 is 59.9. The molecular formula is C20H14F5N3O3. The molecule has 11 heteroatoms. The summed E-state index contributed by atoms with van der Waals surface area (Å²) in [6, 6.07) is 9.31. The Hall–Kier alpha value is -3.76. The van der Waals surface area contributed by atoms with Crippen LogP contribution in [0.5, 0.6) is 0 Å². The lowest BCUT2D eigenvalue weighted by Crippen LogP contribution is -2.31. The van der Waals surface area contributed by atoms with Gasteiger partial charge in [0.05, 0.1) is 17.5 Å². The second kappa shape index (κ2) is 8.54. The van der Waals surface area contributed by atoms with Crippen molar-refractivity contribution in [1.29, 1.82) is 0 Å². The number of rotatable bonds is 2. The summed E-state index contributed by atoms with van der Waals surface area (Å²) in [4.78, 5) is 27.8. The fraction of sp³-hybridized carbons (Fsp3) is 0.150. The number of hydrogen-bond acceptors (Lipinski definition) is 3. The van der Waals surface area contributed by atoms with Crippen molar-refractivity contribution in [3.05, 3.63) is 65.5 Å². The minimum Gasteiger partial charge on any atom is -0.475 e. The Morgan fingerprint density at radius 2 is 1.71 bits per heavy atom. The SMILES string of the molecule is O=C(O)C(F)(F)F.O=C1NCCc2[nH]c(-c3cc(-c4ccccc4F)ncc3F)cc21. The van der Waals surface area contributed by atoms with Crippen molar-refractivity contribution in [1.82, 2.24) is 15.3 Å². The molecule has 0 saturated heterocycles. The van der Waals surface area contributed by atoms with Crippen molar-refractivity contribution in [3.63, 3.8) is 0 Å². The largest absolute Gasteiger partial charge is 0.490 e. The Bertz CT molecular complexity index is 1140. The Balaban J connectivity index is 0.000000339. The number of aliphatic carboxylic acids is 1. The molecule has 0 spiro atoms. The molecule has 31 heavy (non-hydrogen) atoms. The molecule has 3 N–H and O–H groups in total. The maximum absolute atomic E-state index is 14.3. The van der Waals surface area contributed by atoms with Crippen LogP contribution in [0.4, 0.5) is 22.0 Å². The highest BCUT2D eigenvalue weighted by molar-refractivity contribution is 5.97. The van der Waals surface area contributed by atoms with Gasteiger partial charge in [-0.3, -0.25) is 9.78 Å². The van der Waals surface area contributed by atoms with E-state index in [1.807, 2.05) is 0 Å². The first kappa shape index (κ1) is 21.9. The normalized spacial score (nSPS) is 13.0. The Morgan fingerprint density at radius 3 is 2.32 bits per heavy atom. The van der Waals surface area contributed by atoms with Gasteiger partial charge in [0.25, 0.3) is 5.91 Å². The van der Waals surface area contributed by atoms with Crippen LogP contribution in [0.3, 0.4) is 0 Å². The molecule has 3 heterocycles. The van der Waals surface area contributed by atoms with E-state index < -0.39 is 23.8 Å². The maximum atomic E-state index is 14.3. The molecule has 3 aromatic rings.